The molecule has 1 amide bonds. The van der Waals surface area contributed by atoms with Crippen LogP contribution in [0.5, 0.6) is 0 Å². The summed E-state index contributed by atoms with van der Waals surface area (Å²) in [5.74, 6) is 0.526. The van der Waals surface area contributed by atoms with E-state index in [0.29, 0.717) is 16.6 Å². The monoisotopic (exact) mass is 452 g/mol. The van der Waals surface area contributed by atoms with Gasteiger partial charge in [0.1, 0.15) is 12.2 Å². The van der Waals surface area contributed by atoms with Gasteiger partial charge in [-0.05, 0) is 36.6 Å². The van der Waals surface area contributed by atoms with Gasteiger partial charge in [-0.25, -0.2) is 14.6 Å². The largest absolute Gasteiger partial charge is 0.339 e. The fourth-order valence-electron chi connectivity index (χ4n) is 3.84. The Labute approximate surface area is 188 Å². The number of nitrogens with one attached hydrogen (secondary N) is 1. The number of benzene rings is 2. The molecule has 0 aliphatic carbocycles. The van der Waals surface area contributed by atoms with Crippen molar-refractivity contribution in [2.75, 3.05) is 0 Å². The Morgan fingerprint density at radius 3 is 2.74 bits per heavy atom. The number of halogens is 2. The van der Waals surface area contributed by atoms with Gasteiger partial charge in [-0.15, -0.1) is 5.10 Å². The van der Waals surface area contributed by atoms with E-state index in [0.717, 1.165) is 29.9 Å². The summed E-state index contributed by atoms with van der Waals surface area (Å²) in [5, 5.41) is 8.43. The molecule has 2 aromatic heterocycles. The molecule has 1 aliphatic rings. The summed E-state index contributed by atoms with van der Waals surface area (Å²) >= 11 is 12.5. The fourth-order valence-corrected chi connectivity index (χ4v) is 4.36. The maximum Gasteiger partial charge on any atom is 0.291 e. The number of carbonyl (C=O) groups excluding carboxylic acids is 1. The standard InChI is InChI=1S/C22H18Cl2N6O/c23-16-5-3-6-17(24)15(16)12-29-13-26-20(28-29)22(31)27-18-9-8-14-4-1-2-7-19(14)30-11-10-25-21(18)30/h1-7,10-11,13,18H,8-9,12H2,(H,27,31)/t18-/m1/s1. The molecule has 1 aliphatic heterocycles. The van der Waals surface area contributed by atoms with Gasteiger partial charge in [0.05, 0.1) is 12.6 Å². The van der Waals surface area contributed by atoms with Crippen molar-refractivity contribution in [3.8, 4) is 5.69 Å². The molecular formula is C22H18Cl2N6O. The van der Waals surface area contributed by atoms with Crippen molar-refractivity contribution in [3.63, 3.8) is 0 Å². The van der Waals surface area contributed by atoms with E-state index in [-0.39, 0.29) is 17.8 Å². The van der Waals surface area contributed by atoms with Crippen molar-refractivity contribution in [1.82, 2.24) is 29.6 Å². The topological polar surface area (TPSA) is 77.6 Å². The maximum atomic E-state index is 12.9. The first-order chi connectivity index (χ1) is 15.1. The highest BCUT2D eigenvalue weighted by atomic mass is 35.5. The molecule has 0 saturated heterocycles. The van der Waals surface area contributed by atoms with Gasteiger partial charge in [0.15, 0.2) is 0 Å². The van der Waals surface area contributed by atoms with Gasteiger partial charge in [-0.3, -0.25) is 4.79 Å². The number of imidazole rings is 1. The van der Waals surface area contributed by atoms with Crippen LogP contribution in [0.2, 0.25) is 10.0 Å². The first-order valence-electron chi connectivity index (χ1n) is 9.85. The van der Waals surface area contributed by atoms with E-state index in [1.54, 1.807) is 29.1 Å². The number of hydrogen-bond acceptors (Lipinski definition) is 4. The zero-order chi connectivity index (χ0) is 21.4. The van der Waals surface area contributed by atoms with Gasteiger partial charge in [0, 0.05) is 33.7 Å². The van der Waals surface area contributed by atoms with Crippen LogP contribution in [0.1, 0.15) is 40.0 Å². The Bertz CT molecular complexity index is 1240. The van der Waals surface area contributed by atoms with Gasteiger partial charge in [-0.2, -0.15) is 0 Å². The number of fused-ring (bicyclic) bond motifs is 3. The second kappa shape index (κ2) is 8.17. The SMILES string of the molecule is O=C(N[C@@H]1CCc2ccccc2-n2ccnc21)c1ncn(Cc2c(Cl)cccc2Cl)n1. The molecule has 7 nitrogen and oxygen atoms in total. The second-order valence-corrected chi connectivity index (χ2v) is 8.13. The van der Waals surface area contributed by atoms with E-state index in [1.807, 2.05) is 22.9 Å². The predicted octanol–water partition coefficient (Wildman–Crippen LogP) is 4.24. The quantitative estimate of drug-likeness (QED) is 0.502. The predicted molar refractivity (Wildman–Crippen MR) is 118 cm³/mol. The molecule has 3 heterocycles. The number of aromatic nitrogens is 5. The van der Waals surface area contributed by atoms with E-state index in [2.05, 4.69) is 32.5 Å². The highest BCUT2D eigenvalue weighted by molar-refractivity contribution is 6.35. The molecule has 5 rings (SSSR count). The van der Waals surface area contributed by atoms with Crippen molar-refractivity contribution in [2.45, 2.75) is 25.4 Å². The van der Waals surface area contributed by atoms with Crippen molar-refractivity contribution >= 4 is 29.1 Å². The normalized spacial score (nSPS) is 15.1. The Balaban J connectivity index is 1.35. The summed E-state index contributed by atoms with van der Waals surface area (Å²) in [6.45, 7) is 0.321. The summed E-state index contributed by atoms with van der Waals surface area (Å²) in [7, 11) is 0. The van der Waals surface area contributed by atoms with E-state index >= 15 is 0 Å². The molecule has 1 N–H and O–H groups in total. The summed E-state index contributed by atoms with van der Waals surface area (Å²) < 4.78 is 3.57. The highest BCUT2D eigenvalue weighted by Crippen LogP contribution is 2.29. The van der Waals surface area contributed by atoms with Crippen LogP contribution in [-0.4, -0.2) is 30.2 Å². The van der Waals surface area contributed by atoms with Crippen LogP contribution in [0.4, 0.5) is 0 Å². The maximum absolute atomic E-state index is 12.9. The molecule has 4 aromatic rings. The minimum atomic E-state index is -0.352. The Morgan fingerprint density at radius 1 is 1.10 bits per heavy atom. The van der Waals surface area contributed by atoms with Gasteiger partial charge in [-0.1, -0.05) is 47.5 Å². The van der Waals surface area contributed by atoms with Crippen LogP contribution in [0, 0.1) is 0 Å². The number of para-hydroxylation sites is 1. The third-order valence-corrected chi connectivity index (χ3v) is 6.07. The number of amides is 1. The molecule has 1 atom stereocenters. The number of hydrogen-bond donors (Lipinski definition) is 1. The average Bonchev–Trinajstić information content (AvgIpc) is 3.41. The summed E-state index contributed by atoms with van der Waals surface area (Å²) in [6.07, 6.45) is 6.72. The van der Waals surface area contributed by atoms with Crippen LogP contribution in [0.15, 0.2) is 61.2 Å². The van der Waals surface area contributed by atoms with Crippen LogP contribution in [0.3, 0.4) is 0 Å². The number of nitrogens with zero attached hydrogens (tertiary/aromatic N) is 5. The molecule has 31 heavy (non-hydrogen) atoms. The average molecular weight is 453 g/mol. The van der Waals surface area contributed by atoms with Gasteiger partial charge in [0.25, 0.3) is 5.91 Å². The molecule has 0 bridgehead atoms. The molecule has 0 spiro atoms. The first-order valence-corrected chi connectivity index (χ1v) is 10.6. The van der Waals surface area contributed by atoms with Crippen molar-refractivity contribution in [2.24, 2.45) is 0 Å². The molecular weight excluding hydrogens is 435 g/mol. The minimum absolute atomic E-state index is 0.0862. The lowest BCUT2D eigenvalue weighted by Crippen LogP contribution is -2.31. The second-order valence-electron chi connectivity index (χ2n) is 7.31. The van der Waals surface area contributed by atoms with E-state index < -0.39 is 0 Å². The molecule has 9 heteroatoms. The molecule has 2 aromatic carbocycles. The first kappa shape index (κ1) is 19.8. The Kier molecular flexibility index (Phi) is 5.21. The van der Waals surface area contributed by atoms with E-state index in [4.69, 9.17) is 23.2 Å². The Hall–Kier alpha value is -3.16. The number of aryl methyl sites for hydroxylation is 1. The smallest absolute Gasteiger partial charge is 0.291 e. The van der Waals surface area contributed by atoms with Crippen LogP contribution >= 0.6 is 23.2 Å². The van der Waals surface area contributed by atoms with E-state index in [1.165, 1.54) is 11.9 Å². The lowest BCUT2D eigenvalue weighted by Gasteiger charge is -2.15. The third kappa shape index (κ3) is 3.82. The van der Waals surface area contributed by atoms with Crippen molar-refractivity contribution in [1.29, 1.82) is 0 Å². The van der Waals surface area contributed by atoms with E-state index in [9.17, 15) is 4.79 Å². The Morgan fingerprint density at radius 2 is 1.90 bits per heavy atom. The lowest BCUT2D eigenvalue weighted by molar-refractivity contribution is 0.0922. The molecule has 0 fully saturated rings. The van der Waals surface area contributed by atoms with Gasteiger partial charge < -0.3 is 9.88 Å². The minimum Gasteiger partial charge on any atom is -0.339 e. The summed E-state index contributed by atoms with van der Waals surface area (Å²) in [6, 6.07) is 13.3. The van der Waals surface area contributed by atoms with Gasteiger partial charge >= 0.3 is 0 Å². The van der Waals surface area contributed by atoms with Crippen LogP contribution in [-0.2, 0) is 13.0 Å². The summed E-state index contributed by atoms with van der Waals surface area (Å²) in [4.78, 5) is 21.6. The highest BCUT2D eigenvalue weighted by Gasteiger charge is 2.26. The van der Waals surface area contributed by atoms with Crippen LogP contribution < -0.4 is 5.32 Å². The van der Waals surface area contributed by atoms with Gasteiger partial charge in [0.2, 0.25) is 5.82 Å². The molecule has 0 saturated carbocycles. The fraction of sp³-hybridized carbons (Fsp3) is 0.182. The third-order valence-electron chi connectivity index (χ3n) is 5.36. The van der Waals surface area contributed by atoms with Crippen molar-refractivity contribution in [3.05, 3.63) is 94.0 Å². The zero-order valence-electron chi connectivity index (χ0n) is 16.4. The van der Waals surface area contributed by atoms with Crippen LogP contribution in [0.25, 0.3) is 5.69 Å². The number of carbonyl (C=O) groups is 1. The zero-order valence-corrected chi connectivity index (χ0v) is 17.9. The number of rotatable bonds is 4. The summed E-state index contributed by atoms with van der Waals surface area (Å²) in [5.41, 5.74) is 3.04. The molecule has 0 radical (unpaired) electrons. The molecule has 0 unspecified atom stereocenters. The lowest BCUT2D eigenvalue weighted by atomic mass is 10.1. The van der Waals surface area contributed by atoms with Crippen molar-refractivity contribution < 1.29 is 4.79 Å². The molecule has 156 valence electrons.